The van der Waals surface area contributed by atoms with Gasteiger partial charge in [0.2, 0.25) is 17.7 Å². The van der Waals surface area contributed by atoms with Crippen molar-refractivity contribution in [2.45, 2.75) is 102 Å². The van der Waals surface area contributed by atoms with Crippen LogP contribution in [0.4, 0.5) is 0 Å². The first-order valence-electron chi connectivity index (χ1n) is 17.6. The lowest BCUT2D eigenvalue weighted by atomic mass is 9.81. The minimum atomic E-state index is -1.02. The number of hydrogen-bond donors (Lipinski definition) is 6. The van der Waals surface area contributed by atoms with Gasteiger partial charge < -0.3 is 31.1 Å². The molecule has 4 rings (SSSR count). The summed E-state index contributed by atoms with van der Waals surface area (Å²) in [4.78, 5) is 48.5. The molecule has 10 heteroatoms. The van der Waals surface area contributed by atoms with E-state index >= 15 is 0 Å². The van der Waals surface area contributed by atoms with Crippen LogP contribution in [0.2, 0.25) is 0 Å². The normalized spacial score (nSPS) is 16.6. The van der Waals surface area contributed by atoms with Gasteiger partial charge in [0, 0.05) is 19.0 Å². The third-order valence-electron chi connectivity index (χ3n) is 9.61. The second-order valence-corrected chi connectivity index (χ2v) is 13.8. The first-order chi connectivity index (χ1) is 23.6. The lowest BCUT2D eigenvalue weighted by Crippen LogP contribution is -2.57. The molecule has 0 radical (unpaired) electrons. The fourth-order valence-corrected chi connectivity index (χ4v) is 6.66. The Labute approximate surface area is 290 Å². The highest BCUT2D eigenvalue weighted by Crippen LogP contribution is 2.30. The number of aliphatic hydroxyl groups is 1. The van der Waals surface area contributed by atoms with Crippen LogP contribution in [0.1, 0.15) is 75.6 Å². The van der Waals surface area contributed by atoms with Gasteiger partial charge in [-0.15, -0.1) is 6.58 Å². The van der Waals surface area contributed by atoms with Gasteiger partial charge in [-0.25, -0.2) is 4.98 Å². The molecule has 264 valence electrons. The van der Waals surface area contributed by atoms with Crippen LogP contribution in [0.15, 0.2) is 79.8 Å². The van der Waals surface area contributed by atoms with Crippen molar-refractivity contribution in [3.63, 3.8) is 0 Å². The highest BCUT2D eigenvalue weighted by atomic mass is 16.3. The molecule has 1 aliphatic carbocycles. The zero-order valence-electron chi connectivity index (χ0n) is 28.8. The number of phenols is 1. The third kappa shape index (κ3) is 12.2. The van der Waals surface area contributed by atoms with E-state index in [9.17, 15) is 24.6 Å². The lowest BCUT2D eigenvalue weighted by molar-refractivity contribution is -0.132. The molecule has 10 nitrogen and oxygen atoms in total. The number of hydrogen-bond acceptors (Lipinski definition) is 6. The molecular weight excluding hydrogens is 618 g/mol. The summed E-state index contributed by atoms with van der Waals surface area (Å²) in [6, 6.07) is 13.2. The number of aromatic amines is 1. The lowest BCUT2D eigenvalue weighted by Gasteiger charge is -2.33. The molecule has 6 N–H and O–H groups in total. The summed E-state index contributed by atoms with van der Waals surface area (Å²) in [7, 11) is 0. The Morgan fingerprint density at radius 1 is 0.918 bits per heavy atom. The van der Waals surface area contributed by atoms with Crippen LogP contribution in [0.25, 0.3) is 0 Å². The fraction of sp³-hybridized carbons (Fsp3) is 0.487. The van der Waals surface area contributed by atoms with Crippen molar-refractivity contribution >= 4 is 17.7 Å². The molecule has 3 amide bonds. The molecule has 0 aliphatic heterocycles. The molecule has 1 saturated carbocycles. The van der Waals surface area contributed by atoms with E-state index in [0.29, 0.717) is 24.5 Å². The maximum atomic E-state index is 14.1. The SMILES string of the molecule is C=C[C@H](C[C@H](O)[C@H](CC1CCCCC1)NC(=O)[C@H](Cc1c[nH]cn1)NC(=O)[C@H](Cc1ccc(O)cc1)NC(=O)Cc1ccccc1)C(C)C. The summed E-state index contributed by atoms with van der Waals surface area (Å²) in [5.74, 6) is -0.435. The monoisotopic (exact) mass is 671 g/mol. The number of amides is 3. The van der Waals surface area contributed by atoms with Gasteiger partial charge in [-0.3, -0.25) is 14.4 Å². The molecule has 0 bridgehead atoms. The molecule has 1 heterocycles. The predicted molar refractivity (Wildman–Crippen MR) is 190 cm³/mol. The number of rotatable bonds is 18. The summed E-state index contributed by atoms with van der Waals surface area (Å²) in [6.45, 7) is 8.16. The number of aliphatic hydroxyl groups excluding tert-OH is 1. The first-order valence-corrected chi connectivity index (χ1v) is 17.6. The van der Waals surface area contributed by atoms with Crippen LogP contribution in [-0.4, -0.2) is 62.1 Å². The summed E-state index contributed by atoms with van der Waals surface area (Å²) in [5.41, 5.74) is 2.11. The molecule has 5 atom stereocenters. The minimum absolute atomic E-state index is 0.0835. The van der Waals surface area contributed by atoms with E-state index in [1.165, 1.54) is 24.9 Å². The van der Waals surface area contributed by atoms with E-state index < -0.39 is 36.0 Å². The Morgan fingerprint density at radius 3 is 2.22 bits per heavy atom. The molecule has 0 saturated heterocycles. The first kappa shape index (κ1) is 37.4. The smallest absolute Gasteiger partial charge is 0.243 e. The van der Waals surface area contributed by atoms with Gasteiger partial charge in [-0.2, -0.15) is 0 Å². The average Bonchev–Trinajstić information content (AvgIpc) is 3.61. The number of nitrogens with one attached hydrogen (secondary N) is 4. The number of carbonyl (C=O) groups is 3. The second-order valence-electron chi connectivity index (χ2n) is 13.8. The zero-order chi connectivity index (χ0) is 35.2. The van der Waals surface area contributed by atoms with Gasteiger partial charge in [0.15, 0.2) is 0 Å². The molecule has 1 aliphatic rings. The molecule has 1 aromatic heterocycles. The predicted octanol–water partition coefficient (Wildman–Crippen LogP) is 4.78. The van der Waals surface area contributed by atoms with E-state index in [1.54, 1.807) is 18.3 Å². The van der Waals surface area contributed by atoms with Crippen LogP contribution in [0.5, 0.6) is 5.75 Å². The quantitative estimate of drug-likeness (QED) is 0.107. The Kier molecular flexibility index (Phi) is 14.4. The summed E-state index contributed by atoms with van der Waals surface area (Å²) >= 11 is 0. The van der Waals surface area contributed by atoms with Crippen molar-refractivity contribution in [2.24, 2.45) is 17.8 Å². The number of phenolic OH excluding ortho intramolecular Hbond substituents is 1. The van der Waals surface area contributed by atoms with Crippen LogP contribution < -0.4 is 16.0 Å². The van der Waals surface area contributed by atoms with Gasteiger partial charge >= 0.3 is 0 Å². The van der Waals surface area contributed by atoms with Crippen LogP contribution >= 0.6 is 0 Å². The van der Waals surface area contributed by atoms with Crippen molar-refractivity contribution in [3.05, 3.63) is 96.6 Å². The van der Waals surface area contributed by atoms with Crippen LogP contribution in [0, 0.1) is 17.8 Å². The van der Waals surface area contributed by atoms with Gasteiger partial charge in [-0.05, 0) is 53.9 Å². The Hall–Kier alpha value is -4.44. The maximum Gasteiger partial charge on any atom is 0.243 e. The standard InChI is InChI=1S/C39H53N5O5/c1-4-30(26(2)3)22-36(46)33(19-27-11-7-5-8-12-27)43-39(49)35(23-31-24-40-25-41-31)44-38(48)34(20-29-15-17-32(45)18-16-29)42-37(47)21-28-13-9-6-10-14-28/h4,6,9-10,13-18,24-27,30,33-36,45-46H,1,5,7-8,11-12,19-23H2,2-3H3,(H,40,41)(H,42,47)(H,43,49)(H,44,48)/t30-,33+,34+,35+,36+/m1/s1. The van der Waals surface area contributed by atoms with E-state index in [1.807, 2.05) is 36.4 Å². The average molecular weight is 672 g/mol. The van der Waals surface area contributed by atoms with Crippen LogP contribution in [0.3, 0.4) is 0 Å². The van der Waals surface area contributed by atoms with Crippen LogP contribution in [-0.2, 0) is 33.6 Å². The van der Waals surface area contributed by atoms with E-state index in [0.717, 1.165) is 36.8 Å². The maximum absolute atomic E-state index is 14.1. The summed E-state index contributed by atoms with van der Waals surface area (Å²) < 4.78 is 0. The van der Waals surface area contributed by atoms with E-state index in [-0.39, 0.29) is 42.8 Å². The summed E-state index contributed by atoms with van der Waals surface area (Å²) in [6.07, 6.45) is 11.3. The largest absolute Gasteiger partial charge is 0.508 e. The molecule has 0 spiro atoms. The third-order valence-corrected chi connectivity index (χ3v) is 9.61. The molecule has 1 fully saturated rings. The Morgan fingerprint density at radius 2 is 1.59 bits per heavy atom. The number of carbonyl (C=O) groups excluding carboxylic acids is 3. The van der Waals surface area contributed by atoms with Gasteiger partial charge in [0.05, 0.1) is 30.6 Å². The van der Waals surface area contributed by atoms with Crippen molar-refractivity contribution in [3.8, 4) is 5.75 Å². The number of imidazole rings is 1. The highest BCUT2D eigenvalue weighted by molar-refractivity contribution is 5.92. The van der Waals surface area contributed by atoms with Crippen molar-refractivity contribution in [2.75, 3.05) is 0 Å². The van der Waals surface area contributed by atoms with Crippen molar-refractivity contribution in [1.29, 1.82) is 0 Å². The van der Waals surface area contributed by atoms with Gasteiger partial charge in [0.1, 0.15) is 17.8 Å². The number of nitrogens with zero attached hydrogens (tertiary/aromatic N) is 1. The Bertz CT molecular complexity index is 1450. The van der Waals surface area contributed by atoms with Crippen molar-refractivity contribution < 1.29 is 24.6 Å². The fourth-order valence-electron chi connectivity index (χ4n) is 6.66. The van der Waals surface area contributed by atoms with E-state index in [2.05, 4.69) is 46.3 Å². The number of allylic oxidation sites excluding steroid dienone is 1. The van der Waals surface area contributed by atoms with Gasteiger partial charge in [0.25, 0.3) is 0 Å². The number of benzene rings is 2. The highest BCUT2D eigenvalue weighted by Gasteiger charge is 2.33. The summed E-state index contributed by atoms with van der Waals surface area (Å²) in [5, 5.41) is 30.2. The number of aromatic nitrogens is 2. The Balaban J connectivity index is 1.55. The topological polar surface area (TPSA) is 156 Å². The molecule has 3 aromatic rings. The number of H-pyrrole nitrogens is 1. The second kappa shape index (κ2) is 18.9. The van der Waals surface area contributed by atoms with Crippen molar-refractivity contribution in [1.82, 2.24) is 25.9 Å². The molecule has 2 aromatic carbocycles. The molecule has 0 unspecified atom stereocenters. The van der Waals surface area contributed by atoms with E-state index in [4.69, 9.17) is 0 Å². The minimum Gasteiger partial charge on any atom is -0.508 e. The molecule has 49 heavy (non-hydrogen) atoms. The van der Waals surface area contributed by atoms with Gasteiger partial charge in [-0.1, -0.05) is 94.5 Å². The zero-order valence-corrected chi connectivity index (χ0v) is 28.8. The number of aromatic hydroxyl groups is 1. The molecular formula is C39H53N5O5.